The van der Waals surface area contributed by atoms with Crippen LogP contribution in [0.4, 0.5) is 39.0 Å². The van der Waals surface area contributed by atoms with Crippen LogP contribution in [-0.4, -0.2) is 0 Å². The van der Waals surface area contributed by atoms with Crippen molar-refractivity contribution in [3.8, 4) is 22.3 Å². The zero-order valence-electron chi connectivity index (χ0n) is 28.6. The zero-order chi connectivity index (χ0) is 35.8. The first-order valence-electron chi connectivity index (χ1n) is 16.9. The maximum atomic E-state index is 15.6. The predicted molar refractivity (Wildman–Crippen MR) is 194 cm³/mol. The summed E-state index contributed by atoms with van der Waals surface area (Å²) in [6.45, 7) is 8.88. The number of furan rings is 1. The van der Waals surface area contributed by atoms with Gasteiger partial charge in [0.2, 0.25) is 5.82 Å². The standard InChI is InChI=1S/C44H34F5NO/c1-43(2)19-20-44(3,4)34-24-36-32(23-33(34)43)31-22-30(17-18-35(31)51-36)50(42-40(48)38(46)37(45)39(47)41(42)49)29-15-13-26(14-16-29)28-12-8-11-27(21-28)25-9-6-5-7-10-25/h5-18,21-24H,19-20H2,1-4H3. The molecule has 6 aromatic carbocycles. The molecule has 0 unspecified atom stereocenters. The van der Waals surface area contributed by atoms with E-state index in [2.05, 4.69) is 39.8 Å². The number of hydrogen-bond donors (Lipinski definition) is 0. The lowest BCUT2D eigenvalue weighted by atomic mass is 9.63. The van der Waals surface area contributed by atoms with Gasteiger partial charge in [0.15, 0.2) is 23.3 Å². The molecule has 2 nitrogen and oxygen atoms in total. The van der Waals surface area contributed by atoms with Gasteiger partial charge in [0.05, 0.1) is 0 Å². The molecule has 0 aliphatic heterocycles. The van der Waals surface area contributed by atoms with Crippen LogP contribution in [0, 0.1) is 29.1 Å². The molecule has 1 aromatic heterocycles. The average molecular weight is 688 g/mol. The van der Waals surface area contributed by atoms with Crippen molar-refractivity contribution >= 4 is 39.0 Å². The average Bonchev–Trinajstić information content (AvgIpc) is 3.51. The van der Waals surface area contributed by atoms with Gasteiger partial charge in [0.25, 0.3) is 0 Å². The van der Waals surface area contributed by atoms with Crippen molar-refractivity contribution < 1.29 is 26.4 Å². The van der Waals surface area contributed by atoms with E-state index in [0.29, 0.717) is 16.6 Å². The molecular formula is C44H34F5NO. The van der Waals surface area contributed by atoms with E-state index in [-0.39, 0.29) is 22.2 Å². The lowest BCUT2D eigenvalue weighted by Gasteiger charge is -2.41. The number of rotatable bonds is 5. The van der Waals surface area contributed by atoms with Gasteiger partial charge in [0, 0.05) is 22.1 Å². The molecule has 0 radical (unpaired) electrons. The van der Waals surface area contributed by atoms with E-state index in [1.165, 1.54) is 11.1 Å². The Bertz CT molecular complexity index is 2450. The second-order valence-electron chi connectivity index (χ2n) is 14.7. The van der Waals surface area contributed by atoms with Crippen LogP contribution in [0.25, 0.3) is 44.2 Å². The Kier molecular flexibility index (Phi) is 7.60. The Balaban J connectivity index is 1.30. The lowest BCUT2D eigenvalue weighted by molar-refractivity contribution is 0.332. The van der Waals surface area contributed by atoms with Crippen molar-refractivity contribution in [1.82, 2.24) is 0 Å². The Morgan fingerprint density at radius 3 is 1.61 bits per heavy atom. The summed E-state index contributed by atoms with van der Waals surface area (Å²) in [5.74, 6) is -10.1. The van der Waals surface area contributed by atoms with Crippen molar-refractivity contribution in [1.29, 1.82) is 0 Å². The van der Waals surface area contributed by atoms with E-state index in [0.717, 1.165) is 45.4 Å². The smallest absolute Gasteiger partial charge is 0.200 e. The van der Waals surface area contributed by atoms with Crippen molar-refractivity contribution in [2.24, 2.45) is 0 Å². The van der Waals surface area contributed by atoms with Crippen LogP contribution in [0.5, 0.6) is 0 Å². The maximum absolute atomic E-state index is 15.6. The maximum Gasteiger partial charge on any atom is 0.200 e. The summed E-state index contributed by atoms with van der Waals surface area (Å²) in [6.07, 6.45) is 2.02. The largest absolute Gasteiger partial charge is 0.456 e. The molecule has 0 amide bonds. The molecule has 0 bridgehead atoms. The van der Waals surface area contributed by atoms with Crippen molar-refractivity contribution in [3.63, 3.8) is 0 Å². The number of anilines is 3. The fraction of sp³-hybridized carbons (Fsp3) is 0.182. The molecule has 8 rings (SSSR count). The highest BCUT2D eigenvalue weighted by Gasteiger charge is 2.38. The number of hydrogen-bond acceptors (Lipinski definition) is 2. The highest BCUT2D eigenvalue weighted by molar-refractivity contribution is 6.07. The van der Waals surface area contributed by atoms with Gasteiger partial charge in [-0.25, -0.2) is 22.0 Å². The zero-order valence-corrected chi connectivity index (χ0v) is 28.6. The number of halogens is 5. The molecule has 0 fully saturated rings. The fourth-order valence-corrected chi connectivity index (χ4v) is 7.47. The summed E-state index contributed by atoms with van der Waals surface area (Å²) in [5.41, 5.74) is 6.55. The fourth-order valence-electron chi connectivity index (χ4n) is 7.47. The first kappa shape index (κ1) is 32.8. The first-order chi connectivity index (χ1) is 24.3. The monoisotopic (exact) mass is 687 g/mol. The summed E-state index contributed by atoms with van der Waals surface area (Å²) < 4.78 is 81.4. The second-order valence-corrected chi connectivity index (χ2v) is 14.7. The molecule has 0 N–H and O–H groups in total. The molecule has 1 aliphatic carbocycles. The van der Waals surface area contributed by atoms with Crippen LogP contribution in [0.2, 0.25) is 0 Å². The summed E-state index contributed by atoms with van der Waals surface area (Å²) in [5, 5.41) is 1.47. The highest BCUT2D eigenvalue weighted by atomic mass is 19.2. The predicted octanol–water partition coefficient (Wildman–Crippen LogP) is 13.4. The Hall–Kier alpha value is -5.43. The van der Waals surface area contributed by atoms with Gasteiger partial charge in [-0.05, 0) is 106 Å². The van der Waals surface area contributed by atoms with E-state index in [9.17, 15) is 13.2 Å². The summed E-state index contributed by atoms with van der Waals surface area (Å²) in [4.78, 5) is 1.07. The Morgan fingerprint density at radius 1 is 0.471 bits per heavy atom. The molecule has 7 aromatic rings. The molecule has 0 spiro atoms. The molecular weight excluding hydrogens is 653 g/mol. The molecule has 256 valence electrons. The topological polar surface area (TPSA) is 16.4 Å². The van der Waals surface area contributed by atoms with Crippen LogP contribution < -0.4 is 4.90 Å². The van der Waals surface area contributed by atoms with E-state index < -0.39 is 34.8 Å². The summed E-state index contributed by atoms with van der Waals surface area (Å²) in [7, 11) is 0. The van der Waals surface area contributed by atoms with Crippen LogP contribution in [0.15, 0.2) is 114 Å². The van der Waals surface area contributed by atoms with Crippen LogP contribution in [0.3, 0.4) is 0 Å². The number of fused-ring (bicyclic) bond motifs is 4. The number of nitrogens with zero attached hydrogens (tertiary/aromatic N) is 1. The van der Waals surface area contributed by atoms with Gasteiger partial charge in [0.1, 0.15) is 16.9 Å². The molecule has 7 heteroatoms. The third-order valence-electron chi connectivity index (χ3n) is 10.5. The van der Waals surface area contributed by atoms with E-state index in [1.54, 1.807) is 42.5 Å². The summed E-state index contributed by atoms with van der Waals surface area (Å²) in [6, 6.07) is 33.7. The van der Waals surface area contributed by atoms with Crippen molar-refractivity contribution in [3.05, 3.63) is 149 Å². The minimum absolute atomic E-state index is 0.0548. The molecule has 0 saturated carbocycles. The quantitative estimate of drug-likeness (QED) is 0.102. The lowest BCUT2D eigenvalue weighted by Crippen LogP contribution is -2.33. The molecule has 0 saturated heterocycles. The molecule has 51 heavy (non-hydrogen) atoms. The number of benzene rings is 6. The second kappa shape index (κ2) is 11.8. The van der Waals surface area contributed by atoms with Gasteiger partial charge in [-0.1, -0.05) is 88.4 Å². The Labute approximate surface area is 292 Å². The van der Waals surface area contributed by atoms with Gasteiger partial charge in [-0.2, -0.15) is 0 Å². The van der Waals surface area contributed by atoms with Crippen LogP contribution in [0.1, 0.15) is 51.7 Å². The summed E-state index contributed by atoms with van der Waals surface area (Å²) >= 11 is 0. The van der Waals surface area contributed by atoms with Gasteiger partial charge in [-0.3, -0.25) is 0 Å². The minimum Gasteiger partial charge on any atom is -0.456 e. The van der Waals surface area contributed by atoms with Crippen LogP contribution in [-0.2, 0) is 10.8 Å². The van der Waals surface area contributed by atoms with E-state index in [1.807, 2.05) is 54.6 Å². The third-order valence-corrected chi connectivity index (χ3v) is 10.5. The van der Waals surface area contributed by atoms with Gasteiger partial charge >= 0.3 is 0 Å². The molecule has 0 atom stereocenters. The van der Waals surface area contributed by atoms with Gasteiger partial charge < -0.3 is 9.32 Å². The van der Waals surface area contributed by atoms with Gasteiger partial charge in [-0.15, -0.1) is 0 Å². The highest BCUT2D eigenvalue weighted by Crippen LogP contribution is 2.49. The SMILES string of the molecule is CC1(C)CCC(C)(C)c2cc3c(cc21)oc1ccc(N(c2ccc(-c4cccc(-c5ccccc5)c4)cc2)c2c(F)c(F)c(F)c(F)c2F)cc13. The van der Waals surface area contributed by atoms with Crippen molar-refractivity contribution in [2.45, 2.75) is 51.4 Å². The Morgan fingerprint density at radius 2 is 0.980 bits per heavy atom. The minimum atomic E-state index is -2.21. The van der Waals surface area contributed by atoms with Crippen LogP contribution >= 0.6 is 0 Å². The normalized spacial score (nSPS) is 14.9. The van der Waals surface area contributed by atoms with E-state index >= 15 is 8.78 Å². The molecule has 1 aliphatic rings. The molecule has 1 heterocycles. The third kappa shape index (κ3) is 5.38. The van der Waals surface area contributed by atoms with E-state index in [4.69, 9.17) is 4.42 Å². The first-order valence-corrected chi connectivity index (χ1v) is 16.9. The van der Waals surface area contributed by atoms with Crippen molar-refractivity contribution in [2.75, 3.05) is 4.90 Å².